The number of fused-ring (bicyclic) bond motifs is 1. The van der Waals surface area contributed by atoms with Gasteiger partial charge in [-0.05, 0) is 50.6 Å². The lowest BCUT2D eigenvalue weighted by atomic mass is 10.1. The van der Waals surface area contributed by atoms with Crippen molar-refractivity contribution in [3.05, 3.63) is 63.8 Å². The molecule has 3 aromatic rings. The molecule has 3 nitrogen and oxygen atoms in total. The standard InChI is InChI=1S/C16H15NO2/c1-10-8-16(18)19-15-9-13(6-7-14(10)15)17-11(2)4-5-12(17)3/h4-9H,1-3H3. The number of hydrogen-bond acceptors (Lipinski definition) is 2. The van der Waals surface area contributed by atoms with Crippen molar-refractivity contribution in [3.63, 3.8) is 0 Å². The highest BCUT2D eigenvalue weighted by atomic mass is 16.4. The third kappa shape index (κ3) is 1.87. The van der Waals surface area contributed by atoms with Gasteiger partial charge in [-0.2, -0.15) is 0 Å². The van der Waals surface area contributed by atoms with Gasteiger partial charge in [-0.25, -0.2) is 4.79 Å². The van der Waals surface area contributed by atoms with Gasteiger partial charge in [0.15, 0.2) is 0 Å². The van der Waals surface area contributed by atoms with Crippen LogP contribution in [0.4, 0.5) is 0 Å². The number of nitrogens with zero attached hydrogens (tertiary/aromatic N) is 1. The molecular formula is C16H15NO2. The zero-order valence-electron chi connectivity index (χ0n) is 11.2. The van der Waals surface area contributed by atoms with Crippen LogP contribution in [-0.4, -0.2) is 4.57 Å². The van der Waals surface area contributed by atoms with E-state index in [-0.39, 0.29) is 5.63 Å². The van der Waals surface area contributed by atoms with Crippen molar-refractivity contribution in [3.8, 4) is 5.69 Å². The van der Waals surface area contributed by atoms with Crippen LogP contribution >= 0.6 is 0 Å². The molecule has 0 N–H and O–H groups in total. The fourth-order valence-corrected chi connectivity index (χ4v) is 2.53. The summed E-state index contributed by atoms with van der Waals surface area (Å²) in [5.41, 5.74) is 4.61. The maximum Gasteiger partial charge on any atom is 0.336 e. The van der Waals surface area contributed by atoms with Gasteiger partial charge in [0.05, 0.1) is 0 Å². The minimum absolute atomic E-state index is 0.303. The van der Waals surface area contributed by atoms with E-state index in [1.807, 2.05) is 19.1 Å². The summed E-state index contributed by atoms with van der Waals surface area (Å²) in [6, 6.07) is 11.6. The minimum atomic E-state index is -0.303. The van der Waals surface area contributed by atoms with Crippen LogP contribution in [0, 0.1) is 20.8 Å². The summed E-state index contributed by atoms with van der Waals surface area (Å²) in [5.74, 6) is 0. The van der Waals surface area contributed by atoms with E-state index in [0.717, 1.165) is 28.0 Å². The SMILES string of the molecule is Cc1cc(=O)oc2cc(-n3c(C)ccc3C)ccc12. The van der Waals surface area contributed by atoms with Crippen molar-refractivity contribution < 1.29 is 4.42 Å². The van der Waals surface area contributed by atoms with Gasteiger partial charge in [-0.15, -0.1) is 0 Å². The molecule has 1 aromatic carbocycles. The second kappa shape index (κ2) is 4.12. The van der Waals surface area contributed by atoms with Gasteiger partial charge in [0.25, 0.3) is 0 Å². The first kappa shape index (κ1) is 11.8. The molecule has 3 heteroatoms. The van der Waals surface area contributed by atoms with Crippen LogP contribution < -0.4 is 5.63 Å². The first-order chi connectivity index (χ1) is 9.06. The summed E-state index contributed by atoms with van der Waals surface area (Å²) in [6.07, 6.45) is 0. The Morgan fingerprint density at radius 2 is 1.63 bits per heavy atom. The van der Waals surface area contributed by atoms with Crippen LogP contribution in [0.15, 0.2) is 45.6 Å². The Hall–Kier alpha value is -2.29. The molecule has 0 unspecified atom stereocenters. The van der Waals surface area contributed by atoms with Gasteiger partial charge in [-0.3, -0.25) is 0 Å². The average Bonchev–Trinajstić information content (AvgIpc) is 2.68. The van der Waals surface area contributed by atoms with Crippen molar-refractivity contribution in [2.75, 3.05) is 0 Å². The summed E-state index contributed by atoms with van der Waals surface area (Å²) in [6.45, 7) is 6.04. The molecule has 3 rings (SSSR count). The van der Waals surface area contributed by atoms with Gasteiger partial charge >= 0.3 is 5.63 Å². The normalized spacial score (nSPS) is 11.1. The van der Waals surface area contributed by atoms with E-state index in [0.29, 0.717) is 5.58 Å². The van der Waals surface area contributed by atoms with Crippen LogP contribution in [0.25, 0.3) is 16.7 Å². The molecule has 0 radical (unpaired) electrons. The zero-order valence-corrected chi connectivity index (χ0v) is 11.2. The highest BCUT2D eigenvalue weighted by Gasteiger charge is 2.07. The number of rotatable bonds is 1. The van der Waals surface area contributed by atoms with Gasteiger partial charge in [0, 0.05) is 34.6 Å². The van der Waals surface area contributed by atoms with E-state index < -0.39 is 0 Å². The second-order valence-corrected chi connectivity index (χ2v) is 4.88. The molecule has 0 spiro atoms. The van der Waals surface area contributed by atoms with Crippen LogP contribution in [-0.2, 0) is 0 Å². The molecule has 2 aromatic heterocycles. The predicted octanol–water partition coefficient (Wildman–Crippen LogP) is 3.51. The van der Waals surface area contributed by atoms with E-state index in [2.05, 4.69) is 36.6 Å². The van der Waals surface area contributed by atoms with Gasteiger partial charge in [-0.1, -0.05) is 0 Å². The molecule has 0 amide bonds. The topological polar surface area (TPSA) is 35.1 Å². The van der Waals surface area contributed by atoms with Crippen molar-refractivity contribution in [2.24, 2.45) is 0 Å². The van der Waals surface area contributed by atoms with Crippen LogP contribution in [0.3, 0.4) is 0 Å². The smallest absolute Gasteiger partial charge is 0.336 e. The monoisotopic (exact) mass is 253 g/mol. The van der Waals surface area contributed by atoms with Crippen LogP contribution in [0.1, 0.15) is 17.0 Å². The Morgan fingerprint density at radius 3 is 2.32 bits per heavy atom. The molecule has 0 atom stereocenters. The van der Waals surface area contributed by atoms with E-state index >= 15 is 0 Å². The molecule has 0 fully saturated rings. The molecule has 2 heterocycles. The fourth-order valence-electron chi connectivity index (χ4n) is 2.53. The van der Waals surface area contributed by atoms with E-state index in [1.165, 1.54) is 6.07 Å². The summed E-state index contributed by atoms with van der Waals surface area (Å²) in [5, 5.41) is 0.978. The van der Waals surface area contributed by atoms with Crippen molar-refractivity contribution >= 4 is 11.0 Å². The van der Waals surface area contributed by atoms with E-state index in [1.54, 1.807) is 0 Å². The van der Waals surface area contributed by atoms with E-state index in [4.69, 9.17) is 4.42 Å². The third-order valence-electron chi connectivity index (χ3n) is 3.46. The summed E-state index contributed by atoms with van der Waals surface area (Å²) in [4.78, 5) is 11.5. The first-order valence-corrected chi connectivity index (χ1v) is 6.26. The Morgan fingerprint density at radius 1 is 0.947 bits per heavy atom. The number of benzene rings is 1. The molecule has 0 bridgehead atoms. The maximum absolute atomic E-state index is 11.5. The lowest BCUT2D eigenvalue weighted by Gasteiger charge is -2.10. The molecular weight excluding hydrogens is 238 g/mol. The van der Waals surface area contributed by atoms with Crippen molar-refractivity contribution in [1.29, 1.82) is 0 Å². The Labute approximate surface area is 111 Å². The second-order valence-electron chi connectivity index (χ2n) is 4.88. The lowest BCUT2D eigenvalue weighted by molar-refractivity contribution is 0.559. The van der Waals surface area contributed by atoms with Crippen LogP contribution in [0.5, 0.6) is 0 Å². The highest BCUT2D eigenvalue weighted by molar-refractivity contribution is 5.81. The molecule has 0 aliphatic heterocycles. The van der Waals surface area contributed by atoms with Gasteiger partial charge in [0.1, 0.15) is 5.58 Å². The fraction of sp³-hybridized carbons (Fsp3) is 0.188. The van der Waals surface area contributed by atoms with E-state index in [9.17, 15) is 4.79 Å². The molecule has 0 aliphatic rings. The average molecular weight is 253 g/mol. The summed E-state index contributed by atoms with van der Waals surface area (Å²) in [7, 11) is 0. The molecule has 19 heavy (non-hydrogen) atoms. The molecule has 0 saturated carbocycles. The largest absolute Gasteiger partial charge is 0.423 e. The van der Waals surface area contributed by atoms with Gasteiger partial charge in [0.2, 0.25) is 0 Å². The maximum atomic E-state index is 11.5. The van der Waals surface area contributed by atoms with Crippen molar-refractivity contribution in [2.45, 2.75) is 20.8 Å². The third-order valence-corrected chi connectivity index (χ3v) is 3.46. The Kier molecular flexibility index (Phi) is 2.56. The molecule has 96 valence electrons. The summed E-state index contributed by atoms with van der Waals surface area (Å²) < 4.78 is 7.43. The van der Waals surface area contributed by atoms with Crippen molar-refractivity contribution in [1.82, 2.24) is 4.57 Å². The number of aryl methyl sites for hydroxylation is 3. The summed E-state index contributed by atoms with van der Waals surface area (Å²) >= 11 is 0. The number of hydrogen-bond donors (Lipinski definition) is 0. The predicted molar refractivity (Wildman–Crippen MR) is 76.0 cm³/mol. The number of aromatic nitrogens is 1. The first-order valence-electron chi connectivity index (χ1n) is 6.26. The quantitative estimate of drug-likeness (QED) is 0.622. The minimum Gasteiger partial charge on any atom is -0.423 e. The Bertz CT molecular complexity index is 805. The molecule has 0 saturated heterocycles. The zero-order chi connectivity index (χ0) is 13.6. The Balaban J connectivity index is 2.31. The van der Waals surface area contributed by atoms with Gasteiger partial charge < -0.3 is 8.98 Å². The molecule has 0 aliphatic carbocycles. The lowest BCUT2D eigenvalue weighted by Crippen LogP contribution is -2.01. The highest BCUT2D eigenvalue weighted by Crippen LogP contribution is 2.22. The van der Waals surface area contributed by atoms with Crippen LogP contribution in [0.2, 0.25) is 0 Å².